The molecule has 1 aliphatic heterocycles. The van der Waals surface area contributed by atoms with E-state index in [-0.39, 0.29) is 5.91 Å². The highest BCUT2D eigenvalue weighted by atomic mass is 16.5. The van der Waals surface area contributed by atoms with Crippen molar-refractivity contribution in [3.63, 3.8) is 0 Å². The third-order valence-corrected chi connectivity index (χ3v) is 5.50. The van der Waals surface area contributed by atoms with Gasteiger partial charge in [-0.1, -0.05) is 38.1 Å². The third-order valence-electron chi connectivity index (χ3n) is 5.50. The predicted molar refractivity (Wildman–Crippen MR) is 120 cm³/mol. The largest absolute Gasteiger partial charge is 0.378 e. The number of carbonyl (C=O) groups excluding carboxylic acids is 1. The number of ether oxygens (including phenoxy) is 1. The van der Waals surface area contributed by atoms with E-state index in [4.69, 9.17) is 4.74 Å². The van der Waals surface area contributed by atoms with Gasteiger partial charge in [0, 0.05) is 30.0 Å². The Balaban J connectivity index is 1.39. The molecule has 1 N–H and O–H groups in total. The van der Waals surface area contributed by atoms with Crippen LogP contribution in [0.5, 0.6) is 0 Å². The lowest BCUT2D eigenvalue weighted by Gasteiger charge is -2.28. The van der Waals surface area contributed by atoms with Crippen molar-refractivity contribution in [2.45, 2.75) is 32.7 Å². The Kier molecular flexibility index (Phi) is 6.27. The molecule has 1 aromatic heterocycles. The molecule has 2 aromatic carbocycles. The van der Waals surface area contributed by atoms with Crippen molar-refractivity contribution in [2.75, 3.05) is 36.5 Å². The van der Waals surface area contributed by atoms with Crippen LogP contribution in [0, 0.1) is 0 Å². The van der Waals surface area contributed by atoms with E-state index in [1.54, 1.807) is 6.92 Å². The molecule has 0 radical (unpaired) electrons. The van der Waals surface area contributed by atoms with Gasteiger partial charge in [0.15, 0.2) is 0 Å². The number of tetrazole rings is 1. The van der Waals surface area contributed by atoms with Crippen LogP contribution in [0.15, 0.2) is 48.5 Å². The smallest absolute Gasteiger partial charge is 0.250 e. The van der Waals surface area contributed by atoms with Crippen LogP contribution in [0.2, 0.25) is 0 Å². The fourth-order valence-corrected chi connectivity index (χ4v) is 3.45. The lowest BCUT2D eigenvalue weighted by Crippen LogP contribution is -2.36. The van der Waals surface area contributed by atoms with Gasteiger partial charge in [-0.05, 0) is 47.9 Å². The number of aromatic nitrogens is 4. The van der Waals surface area contributed by atoms with Gasteiger partial charge < -0.3 is 15.0 Å². The number of anilines is 2. The van der Waals surface area contributed by atoms with Crippen molar-refractivity contribution in [1.82, 2.24) is 20.2 Å². The number of carbonyl (C=O) groups is 1. The predicted octanol–water partition coefficient (Wildman–Crippen LogP) is 3.50. The second-order valence-electron chi connectivity index (χ2n) is 8.02. The number of amides is 1. The highest BCUT2D eigenvalue weighted by molar-refractivity contribution is 5.93. The number of hydrogen-bond donors (Lipinski definition) is 1. The van der Waals surface area contributed by atoms with Gasteiger partial charge in [0.25, 0.3) is 5.91 Å². The van der Waals surface area contributed by atoms with E-state index < -0.39 is 6.04 Å². The van der Waals surface area contributed by atoms with Crippen LogP contribution in [0.3, 0.4) is 0 Å². The summed E-state index contributed by atoms with van der Waals surface area (Å²) < 4.78 is 5.39. The summed E-state index contributed by atoms with van der Waals surface area (Å²) in [6.07, 6.45) is 0. The Morgan fingerprint density at radius 2 is 1.68 bits per heavy atom. The van der Waals surface area contributed by atoms with Gasteiger partial charge in [0.2, 0.25) is 5.82 Å². The molecule has 1 amide bonds. The molecule has 1 fully saturated rings. The van der Waals surface area contributed by atoms with E-state index in [1.165, 1.54) is 10.4 Å². The van der Waals surface area contributed by atoms with Gasteiger partial charge in [0.05, 0.1) is 13.2 Å². The van der Waals surface area contributed by atoms with Crippen LogP contribution < -0.4 is 10.2 Å². The molecule has 1 saturated heterocycles. The lowest BCUT2D eigenvalue weighted by atomic mass is 10.0. The number of hydrogen-bond acceptors (Lipinski definition) is 6. The second kappa shape index (κ2) is 9.26. The zero-order valence-electron chi connectivity index (χ0n) is 18.2. The van der Waals surface area contributed by atoms with E-state index in [0.29, 0.717) is 11.7 Å². The van der Waals surface area contributed by atoms with Crippen molar-refractivity contribution >= 4 is 17.3 Å². The minimum Gasteiger partial charge on any atom is -0.378 e. The molecular formula is C23H28N6O2. The van der Waals surface area contributed by atoms with E-state index >= 15 is 0 Å². The number of morpholine rings is 1. The molecule has 2 heterocycles. The maximum atomic E-state index is 12.7. The van der Waals surface area contributed by atoms with E-state index in [9.17, 15) is 4.79 Å². The van der Waals surface area contributed by atoms with Gasteiger partial charge in [-0.15, -0.1) is 10.2 Å². The van der Waals surface area contributed by atoms with Gasteiger partial charge in [-0.25, -0.2) is 0 Å². The van der Waals surface area contributed by atoms with Gasteiger partial charge in [-0.3, -0.25) is 4.79 Å². The molecule has 1 aliphatic rings. The second-order valence-corrected chi connectivity index (χ2v) is 8.02. The molecule has 31 heavy (non-hydrogen) atoms. The quantitative estimate of drug-likeness (QED) is 0.657. The van der Waals surface area contributed by atoms with Crippen LogP contribution in [0.1, 0.15) is 38.3 Å². The maximum absolute atomic E-state index is 12.7. The first-order valence-corrected chi connectivity index (χ1v) is 10.6. The van der Waals surface area contributed by atoms with Crippen molar-refractivity contribution in [1.29, 1.82) is 0 Å². The Bertz CT molecular complexity index is 1010. The third kappa shape index (κ3) is 4.91. The summed E-state index contributed by atoms with van der Waals surface area (Å²) in [7, 11) is 0. The Hall–Kier alpha value is -3.26. The average Bonchev–Trinajstić information content (AvgIpc) is 3.30. The summed E-state index contributed by atoms with van der Waals surface area (Å²) in [4.78, 5) is 16.3. The van der Waals surface area contributed by atoms with Crippen LogP contribution >= 0.6 is 0 Å². The molecule has 0 bridgehead atoms. The molecule has 0 unspecified atom stereocenters. The summed E-state index contributed by atoms with van der Waals surface area (Å²) in [6, 6.07) is 15.4. The zero-order valence-corrected chi connectivity index (χ0v) is 18.2. The fourth-order valence-electron chi connectivity index (χ4n) is 3.45. The molecule has 4 rings (SSSR count). The van der Waals surface area contributed by atoms with E-state index in [2.05, 4.69) is 51.6 Å². The number of nitrogens with zero attached hydrogens (tertiary/aromatic N) is 5. The van der Waals surface area contributed by atoms with E-state index in [1.807, 2.05) is 36.4 Å². The highest BCUT2D eigenvalue weighted by Crippen LogP contribution is 2.21. The molecule has 8 heteroatoms. The standard InChI is InChI=1S/C23H28N6O2/c1-16(2)18-4-6-19(7-5-18)22-25-27-29(26-22)17(3)23(30)24-20-8-10-21(11-9-20)28-12-14-31-15-13-28/h4-11,16-17H,12-15H2,1-3H3,(H,24,30)/t17-/m1/s1. The van der Waals surface area contributed by atoms with E-state index in [0.717, 1.165) is 43.2 Å². The summed E-state index contributed by atoms with van der Waals surface area (Å²) in [6.45, 7) is 9.30. The van der Waals surface area contributed by atoms with Crippen LogP contribution in [-0.2, 0) is 9.53 Å². The molecule has 1 atom stereocenters. The number of benzene rings is 2. The van der Waals surface area contributed by atoms with Gasteiger partial charge >= 0.3 is 0 Å². The molecule has 0 saturated carbocycles. The van der Waals surface area contributed by atoms with Crippen LogP contribution in [0.4, 0.5) is 11.4 Å². The lowest BCUT2D eigenvalue weighted by molar-refractivity contribution is -0.119. The van der Waals surface area contributed by atoms with Crippen molar-refractivity contribution in [3.8, 4) is 11.4 Å². The Morgan fingerprint density at radius 3 is 2.32 bits per heavy atom. The van der Waals surface area contributed by atoms with Crippen molar-refractivity contribution in [3.05, 3.63) is 54.1 Å². The Morgan fingerprint density at radius 1 is 1.00 bits per heavy atom. The number of rotatable bonds is 6. The molecule has 0 aliphatic carbocycles. The summed E-state index contributed by atoms with van der Waals surface area (Å²) >= 11 is 0. The molecule has 8 nitrogen and oxygen atoms in total. The fraction of sp³-hybridized carbons (Fsp3) is 0.391. The topological polar surface area (TPSA) is 85.2 Å². The van der Waals surface area contributed by atoms with Gasteiger partial charge in [0.1, 0.15) is 6.04 Å². The minimum atomic E-state index is -0.588. The van der Waals surface area contributed by atoms with Crippen molar-refractivity contribution < 1.29 is 9.53 Å². The normalized spacial score (nSPS) is 15.2. The summed E-state index contributed by atoms with van der Waals surface area (Å²) in [5.74, 6) is 0.771. The van der Waals surface area contributed by atoms with Crippen molar-refractivity contribution in [2.24, 2.45) is 0 Å². The maximum Gasteiger partial charge on any atom is 0.250 e. The molecule has 3 aromatic rings. The Labute approximate surface area is 182 Å². The monoisotopic (exact) mass is 420 g/mol. The highest BCUT2D eigenvalue weighted by Gasteiger charge is 2.19. The first-order chi connectivity index (χ1) is 15.0. The number of nitrogens with one attached hydrogen (secondary N) is 1. The first-order valence-electron chi connectivity index (χ1n) is 10.6. The average molecular weight is 421 g/mol. The first kappa shape index (κ1) is 21.0. The minimum absolute atomic E-state index is 0.196. The summed E-state index contributed by atoms with van der Waals surface area (Å²) in [5.41, 5.74) is 3.99. The molecule has 0 spiro atoms. The SMILES string of the molecule is CC(C)c1ccc(-c2nnn([C@H](C)C(=O)Nc3ccc(N4CCOCC4)cc3)n2)cc1. The molecular weight excluding hydrogens is 392 g/mol. The van der Waals surface area contributed by atoms with Gasteiger partial charge in [-0.2, -0.15) is 4.80 Å². The van der Waals surface area contributed by atoms with Crippen LogP contribution in [0.25, 0.3) is 11.4 Å². The van der Waals surface area contributed by atoms with Crippen LogP contribution in [-0.4, -0.2) is 52.4 Å². The summed E-state index contributed by atoms with van der Waals surface area (Å²) in [5, 5.41) is 15.5. The zero-order chi connectivity index (χ0) is 21.8. The molecule has 162 valence electrons.